The topological polar surface area (TPSA) is 62.3 Å². The second-order valence-electron chi connectivity index (χ2n) is 6.60. The van der Waals surface area contributed by atoms with Crippen LogP contribution in [0.3, 0.4) is 0 Å². The molecule has 1 aromatic carbocycles. The Kier molecular flexibility index (Phi) is 5.50. The maximum atomic E-state index is 12.8. The summed E-state index contributed by atoms with van der Waals surface area (Å²) in [7, 11) is 0. The van der Waals surface area contributed by atoms with Crippen molar-refractivity contribution in [2.75, 3.05) is 13.1 Å². The largest absolute Gasteiger partial charge is 0.351 e. The summed E-state index contributed by atoms with van der Waals surface area (Å²) in [5.41, 5.74) is 0.999. The van der Waals surface area contributed by atoms with E-state index in [1.54, 1.807) is 17.4 Å². The van der Waals surface area contributed by atoms with Gasteiger partial charge in [0.15, 0.2) is 0 Å². The summed E-state index contributed by atoms with van der Waals surface area (Å²) in [4.78, 5) is 32.2. The van der Waals surface area contributed by atoms with Crippen molar-refractivity contribution in [3.05, 3.63) is 51.7 Å². The first-order chi connectivity index (χ1) is 13.2. The first-order valence-electron chi connectivity index (χ1n) is 9.19. The van der Waals surface area contributed by atoms with Crippen LogP contribution < -0.4 is 5.32 Å². The van der Waals surface area contributed by atoms with Gasteiger partial charge in [0.25, 0.3) is 5.91 Å². The molecule has 0 bridgehead atoms. The number of nitrogens with one attached hydrogen (secondary N) is 1. The van der Waals surface area contributed by atoms with Gasteiger partial charge in [0.2, 0.25) is 5.91 Å². The van der Waals surface area contributed by atoms with Gasteiger partial charge in [-0.2, -0.15) is 0 Å². The number of aromatic nitrogens is 1. The molecule has 7 heteroatoms. The lowest BCUT2D eigenvalue weighted by atomic mass is 10.0. The molecule has 1 aliphatic rings. The van der Waals surface area contributed by atoms with E-state index in [9.17, 15) is 9.59 Å². The first-order valence-corrected chi connectivity index (χ1v) is 10.9. The zero-order valence-electron chi connectivity index (χ0n) is 14.9. The van der Waals surface area contributed by atoms with Gasteiger partial charge in [-0.3, -0.25) is 9.59 Å². The minimum atomic E-state index is -0.112. The van der Waals surface area contributed by atoms with Crippen LogP contribution >= 0.6 is 22.7 Å². The lowest BCUT2D eigenvalue weighted by Gasteiger charge is -2.34. The van der Waals surface area contributed by atoms with Crippen molar-refractivity contribution in [3.8, 4) is 0 Å². The Bertz CT molecular complexity index is 903. The molecule has 1 atom stereocenters. The van der Waals surface area contributed by atoms with Crippen molar-refractivity contribution in [3.63, 3.8) is 0 Å². The Balaban J connectivity index is 1.40. The standard InChI is InChI=1S/C20H21N3O2S2/c24-18(10-11-21-19(25)17-9-5-13-26-17)23-12-4-3-7-15(23)20-22-14-6-1-2-8-16(14)27-20/h1-2,5-6,8-9,13,15H,3-4,7,10-12H2,(H,21,25). The van der Waals surface area contributed by atoms with E-state index in [0.29, 0.717) is 17.8 Å². The van der Waals surface area contributed by atoms with E-state index in [0.717, 1.165) is 41.0 Å². The van der Waals surface area contributed by atoms with Crippen LogP contribution in [0, 0.1) is 0 Å². The van der Waals surface area contributed by atoms with E-state index in [1.165, 1.54) is 11.3 Å². The second-order valence-corrected chi connectivity index (χ2v) is 8.61. The monoisotopic (exact) mass is 399 g/mol. The number of rotatable bonds is 5. The number of nitrogens with zero attached hydrogens (tertiary/aromatic N) is 2. The molecule has 1 N–H and O–H groups in total. The van der Waals surface area contributed by atoms with Gasteiger partial charge in [-0.15, -0.1) is 22.7 Å². The number of benzene rings is 1. The first kappa shape index (κ1) is 18.1. The minimum Gasteiger partial charge on any atom is -0.351 e. The molecule has 4 rings (SSSR count). The third kappa shape index (κ3) is 4.04. The molecule has 0 radical (unpaired) electrons. The number of amides is 2. The summed E-state index contributed by atoms with van der Waals surface area (Å²) >= 11 is 3.08. The van der Waals surface area contributed by atoms with Gasteiger partial charge in [-0.25, -0.2) is 4.98 Å². The number of thiophene rings is 1. The smallest absolute Gasteiger partial charge is 0.261 e. The van der Waals surface area contributed by atoms with Gasteiger partial charge < -0.3 is 10.2 Å². The van der Waals surface area contributed by atoms with Crippen LogP contribution in [-0.2, 0) is 4.79 Å². The summed E-state index contributed by atoms with van der Waals surface area (Å²) in [5.74, 6) is -0.0235. The van der Waals surface area contributed by atoms with Crippen molar-refractivity contribution >= 4 is 44.7 Å². The van der Waals surface area contributed by atoms with E-state index in [4.69, 9.17) is 4.98 Å². The molecule has 2 aromatic heterocycles. The van der Waals surface area contributed by atoms with Crippen molar-refractivity contribution < 1.29 is 9.59 Å². The maximum Gasteiger partial charge on any atom is 0.261 e. The Labute approximate surface area is 166 Å². The molecule has 1 unspecified atom stereocenters. The number of fused-ring (bicyclic) bond motifs is 1. The highest BCUT2D eigenvalue weighted by atomic mass is 32.1. The molecule has 5 nitrogen and oxygen atoms in total. The fourth-order valence-corrected chi connectivity index (χ4v) is 5.20. The number of para-hydroxylation sites is 1. The van der Waals surface area contributed by atoms with Crippen LogP contribution in [0.5, 0.6) is 0 Å². The highest BCUT2D eigenvalue weighted by Crippen LogP contribution is 2.35. The van der Waals surface area contributed by atoms with Gasteiger partial charge in [0.1, 0.15) is 5.01 Å². The van der Waals surface area contributed by atoms with Crippen molar-refractivity contribution in [1.29, 1.82) is 0 Å². The average molecular weight is 400 g/mol. The molecule has 0 saturated carbocycles. The second kappa shape index (κ2) is 8.19. The molecule has 27 heavy (non-hydrogen) atoms. The summed E-state index contributed by atoms with van der Waals surface area (Å²) < 4.78 is 1.16. The Morgan fingerprint density at radius 3 is 2.89 bits per heavy atom. The number of hydrogen-bond donors (Lipinski definition) is 1. The fourth-order valence-electron chi connectivity index (χ4n) is 3.44. The Morgan fingerprint density at radius 1 is 1.19 bits per heavy atom. The van der Waals surface area contributed by atoms with E-state index in [-0.39, 0.29) is 17.9 Å². The summed E-state index contributed by atoms with van der Waals surface area (Å²) in [6.07, 6.45) is 3.40. The van der Waals surface area contributed by atoms with Crippen LogP contribution in [0.15, 0.2) is 41.8 Å². The van der Waals surface area contributed by atoms with E-state index >= 15 is 0 Å². The van der Waals surface area contributed by atoms with Crippen LogP contribution in [0.25, 0.3) is 10.2 Å². The predicted molar refractivity (Wildman–Crippen MR) is 109 cm³/mol. The Morgan fingerprint density at radius 2 is 2.07 bits per heavy atom. The fraction of sp³-hybridized carbons (Fsp3) is 0.350. The van der Waals surface area contributed by atoms with E-state index < -0.39 is 0 Å². The summed E-state index contributed by atoms with van der Waals surface area (Å²) in [6.45, 7) is 1.12. The molecule has 3 heterocycles. The maximum absolute atomic E-state index is 12.8. The van der Waals surface area contributed by atoms with Crippen LogP contribution in [0.2, 0.25) is 0 Å². The average Bonchev–Trinajstić information content (AvgIpc) is 3.37. The van der Waals surface area contributed by atoms with E-state index in [1.807, 2.05) is 34.5 Å². The predicted octanol–water partition coefficient (Wildman–Crippen LogP) is 4.23. The van der Waals surface area contributed by atoms with Gasteiger partial charge >= 0.3 is 0 Å². The van der Waals surface area contributed by atoms with Gasteiger partial charge in [0, 0.05) is 19.5 Å². The molecular weight excluding hydrogens is 378 g/mol. The number of hydrogen-bond acceptors (Lipinski definition) is 5. The van der Waals surface area contributed by atoms with Gasteiger partial charge in [-0.05, 0) is 42.8 Å². The number of carbonyl (C=O) groups excluding carboxylic acids is 2. The molecule has 0 spiro atoms. The number of likely N-dealkylation sites (tertiary alicyclic amines) is 1. The SMILES string of the molecule is O=C(NCCC(=O)N1CCCCC1c1nc2ccccc2s1)c1cccs1. The lowest BCUT2D eigenvalue weighted by molar-refractivity contribution is -0.134. The molecule has 1 fully saturated rings. The number of carbonyl (C=O) groups is 2. The van der Waals surface area contributed by atoms with Crippen molar-refractivity contribution in [2.24, 2.45) is 0 Å². The minimum absolute atomic E-state index is 0.0525. The number of piperidine rings is 1. The molecule has 1 saturated heterocycles. The molecule has 2 amide bonds. The quantitative estimate of drug-likeness (QED) is 0.698. The van der Waals surface area contributed by atoms with Gasteiger partial charge in [0.05, 0.1) is 21.1 Å². The zero-order chi connectivity index (χ0) is 18.6. The summed E-state index contributed by atoms with van der Waals surface area (Å²) in [5, 5.41) is 5.73. The van der Waals surface area contributed by atoms with Crippen LogP contribution in [-0.4, -0.2) is 34.8 Å². The van der Waals surface area contributed by atoms with E-state index in [2.05, 4.69) is 11.4 Å². The lowest BCUT2D eigenvalue weighted by Crippen LogP contribution is -2.40. The van der Waals surface area contributed by atoms with Crippen LogP contribution in [0.4, 0.5) is 0 Å². The van der Waals surface area contributed by atoms with Crippen molar-refractivity contribution in [2.45, 2.75) is 31.7 Å². The molecule has 3 aromatic rings. The Hall–Kier alpha value is -2.25. The highest BCUT2D eigenvalue weighted by Gasteiger charge is 2.30. The number of thiazole rings is 1. The van der Waals surface area contributed by atoms with Gasteiger partial charge in [-0.1, -0.05) is 18.2 Å². The van der Waals surface area contributed by atoms with Crippen LogP contribution in [0.1, 0.15) is 46.4 Å². The van der Waals surface area contributed by atoms with Crippen molar-refractivity contribution in [1.82, 2.24) is 15.2 Å². The molecular formula is C20H21N3O2S2. The zero-order valence-corrected chi connectivity index (χ0v) is 16.5. The normalized spacial score (nSPS) is 17.2. The summed E-state index contributed by atoms with van der Waals surface area (Å²) in [6, 6.07) is 11.8. The molecule has 140 valence electrons. The third-order valence-corrected chi connectivity index (χ3v) is 6.79. The highest BCUT2D eigenvalue weighted by molar-refractivity contribution is 7.18. The third-order valence-electron chi connectivity index (χ3n) is 4.79. The molecule has 1 aliphatic heterocycles. The molecule has 0 aliphatic carbocycles.